The average Bonchev–Trinajstić information content (AvgIpc) is 2.48. The van der Waals surface area contributed by atoms with E-state index in [2.05, 4.69) is 26.1 Å². The van der Waals surface area contributed by atoms with Crippen LogP contribution in [-0.2, 0) is 51.7 Å². The van der Waals surface area contributed by atoms with Gasteiger partial charge in [-0.05, 0) is 24.7 Å². The topological polar surface area (TPSA) is 77.0 Å². The predicted molar refractivity (Wildman–Crippen MR) is 90.5 cm³/mol. The molecule has 0 atom stereocenters. The van der Waals surface area contributed by atoms with Crippen molar-refractivity contribution >= 4 is 5.91 Å². The molecule has 0 unspecified atom stereocenters. The summed E-state index contributed by atoms with van der Waals surface area (Å²) in [5, 5.41) is 11.3. The molecule has 0 saturated carbocycles. The summed E-state index contributed by atoms with van der Waals surface area (Å²) in [6.07, 6.45) is 3.10. The second kappa shape index (κ2) is 18.2. The number of rotatable bonds is 15. The minimum Gasteiger partial charge on any atom is -0.396 e. The number of ether oxygens (including phenoxy) is 3. The van der Waals surface area contributed by atoms with Gasteiger partial charge >= 0.3 is 0 Å². The maximum absolute atomic E-state index is 11.2. The average molecular weight is 422 g/mol. The summed E-state index contributed by atoms with van der Waals surface area (Å²) >= 11 is 0. The van der Waals surface area contributed by atoms with Crippen molar-refractivity contribution in [3.05, 3.63) is 0 Å². The van der Waals surface area contributed by atoms with Gasteiger partial charge in [-0.15, -0.1) is 0 Å². The number of hydrogen-bond donors (Lipinski definition) is 2. The van der Waals surface area contributed by atoms with Crippen LogP contribution >= 0.6 is 0 Å². The van der Waals surface area contributed by atoms with E-state index < -0.39 is 0 Å². The molecule has 24 heavy (non-hydrogen) atoms. The van der Waals surface area contributed by atoms with Crippen molar-refractivity contribution in [1.82, 2.24) is 5.32 Å². The molecule has 0 aromatic heterocycles. The molecule has 0 bridgehead atoms. The summed E-state index contributed by atoms with van der Waals surface area (Å²) in [5.74, 6) is -0.0532. The number of carbonyl (C=O) groups excluding carboxylic acids is 1. The SMILES string of the molecule is CC(C)(C)CCCOCCOCCOCCNC(=O)CCCO.[Y]. The molecule has 0 saturated heterocycles. The molecule has 0 aliphatic heterocycles. The molecule has 1 amide bonds. The summed E-state index contributed by atoms with van der Waals surface area (Å²) in [7, 11) is 0. The number of amides is 1. The number of carbonyl (C=O) groups is 1. The van der Waals surface area contributed by atoms with E-state index in [1.807, 2.05) is 0 Å². The first-order valence-corrected chi connectivity index (χ1v) is 8.56. The van der Waals surface area contributed by atoms with Crippen molar-refractivity contribution in [3.8, 4) is 0 Å². The van der Waals surface area contributed by atoms with Crippen molar-refractivity contribution in [1.29, 1.82) is 0 Å². The number of nitrogens with one attached hydrogen (secondary N) is 1. The van der Waals surface area contributed by atoms with Crippen LogP contribution in [0, 0.1) is 5.41 Å². The van der Waals surface area contributed by atoms with Gasteiger partial charge in [-0.25, -0.2) is 0 Å². The van der Waals surface area contributed by atoms with E-state index in [-0.39, 0.29) is 45.2 Å². The van der Waals surface area contributed by atoms with Crippen molar-refractivity contribution in [3.63, 3.8) is 0 Å². The van der Waals surface area contributed by atoms with Crippen LogP contribution in [0.3, 0.4) is 0 Å². The van der Waals surface area contributed by atoms with Crippen LogP contribution in [0.25, 0.3) is 0 Å². The van der Waals surface area contributed by atoms with Crippen molar-refractivity contribution in [2.24, 2.45) is 5.41 Å². The Morgan fingerprint density at radius 1 is 0.917 bits per heavy atom. The first-order chi connectivity index (χ1) is 11.0. The van der Waals surface area contributed by atoms with Gasteiger partial charge < -0.3 is 24.6 Å². The van der Waals surface area contributed by atoms with E-state index in [1.54, 1.807) is 0 Å². The fourth-order valence-corrected chi connectivity index (χ4v) is 1.84. The van der Waals surface area contributed by atoms with E-state index in [9.17, 15) is 4.79 Å². The van der Waals surface area contributed by atoms with Gasteiger partial charge in [-0.2, -0.15) is 0 Å². The van der Waals surface area contributed by atoms with Crippen LogP contribution in [0.15, 0.2) is 0 Å². The third-order valence-electron chi connectivity index (χ3n) is 3.09. The fraction of sp³-hybridized carbons (Fsp3) is 0.941. The zero-order chi connectivity index (χ0) is 17.4. The second-order valence-electron chi connectivity index (χ2n) is 6.68. The van der Waals surface area contributed by atoms with Gasteiger partial charge in [0.05, 0.1) is 33.0 Å². The fourth-order valence-electron chi connectivity index (χ4n) is 1.84. The van der Waals surface area contributed by atoms with Crippen LogP contribution in [0.5, 0.6) is 0 Å². The number of aliphatic hydroxyl groups excluding tert-OH is 1. The molecule has 141 valence electrons. The predicted octanol–water partition coefficient (Wildman–Crippen LogP) is 1.75. The summed E-state index contributed by atoms with van der Waals surface area (Å²) in [6, 6.07) is 0. The maximum atomic E-state index is 11.2. The zero-order valence-electron chi connectivity index (χ0n) is 15.6. The van der Waals surface area contributed by atoms with E-state index in [1.165, 1.54) is 0 Å². The normalized spacial score (nSPS) is 11.2. The van der Waals surface area contributed by atoms with Gasteiger partial charge in [0.25, 0.3) is 0 Å². The van der Waals surface area contributed by atoms with Crippen LogP contribution in [0.4, 0.5) is 0 Å². The molecule has 7 heteroatoms. The first kappa shape index (κ1) is 26.6. The first-order valence-electron chi connectivity index (χ1n) is 8.56. The molecule has 0 aromatic rings. The molecule has 0 heterocycles. The quantitative estimate of drug-likeness (QED) is 0.394. The number of aliphatic hydroxyl groups is 1. The zero-order valence-corrected chi connectivity index (χ0v) is 18.5. The minimum atomic E-state index is -0.0532. The summed E-state index contributed by atoms with van der Waals surface area (Å²) in [5.41, 5.74) is 0.371. The Labute approximate surface area is 172 Å². The van der Waals surface area contributed by atoms with E-state index in [0.717, 1.165) is 19.4 Å². The van der Waals surface area contributed by atoms with Crippen LogP contribution in [-0.4, -0.2) is 63.8 Å². The maximum Gasteiger partial charge on any atom is 0.220 e. The van der Waals surface area contributed by atoms with Crippen molar-refractivity contribution in [2.45, 2.75) is 46.5 Å². The molecule has 2 N–H and O–H groups in total. The molecule has 0 rings (SSSR count). The molecule has 0 aliphatic carbocycles. The Hall–Kier alpha value is 0.414. The van der Waals surface area contributed by atoms with Gasteiger partial charge in [0.2, 0.25) is 5.91 Å². The summed E-state index contributed by atoms with van der Waals surface area (Å²) in [6.45, 7) is 10.7. The third kappa shape index (κ3) is 22.4. The Bertz CT molecular complexity index is 285. The second-order valence-corrected chi connectivity index (χ2v) is 6.68. The standard InChI is InChI=1S/C17H35NO5.Y/c1-17(2,3)7-5-10-21-12-14-23-15-13-22-11-8-18-16(20)6-4-9-19;/h19H,4-15H2,1-3H3,(H,18,20);. The number of hydrogen-bond acceptors (Lipinski definition) is 5. The van der Waals surface area contributed by atoms with Gasteiger partial charge in [0.1, 0.15) is 0 Å². The third-order valence-corrected chi connectivity index (χ3v) is 3.09. The van der Waals surface area contributed by atoms with Gasteiger partial charge in [0.15, 0.2) is 0 Å². The Kier molecular flexibility index (Phi) is 20.2. The minimum absolute atomic E-state index is 0. The van der Waals surface area contributed by atoms with E-state index in [0.29, 0.717) is 57.8 Å². The van der Waals surface area contributed by atoms with Crippen LogP contribution < -0.4 is 5.32 Å². The van der Waals surface area contributed by atoms with E-state index >= 15 is 0 Å². The van der Waals surface area contributed by atoms with E-state index in [4.69, 9.17) is 19.3 Å². The molecule has 0 aromatic carbocycles. The van der Waals surface area contributed by atoms with Gasteiger partial charge in [0, 0.05) is 58.9 Å². The molecule has 1 radical (unpaired) electrons. The smallest absolute Gasteiger partial charge is 0.220 e. The van der Waals surface area contributed by atoms with Gasteiger partial charge in [-0.1, -0.05) is 20.8 Å². The molecular weight excluding hydrogens is 387 g/mol. The van der Waals surface area contributed by atoms with Crippen LogP contribution in [0.1, 0.15) is 46.5 Å². The molecule has 0 fully saturated rings. The Morgan fingerprint density at radius 3 is 2.00 bits per heavy atom. The Balaban J connectivity index is 0. The molecule has 6 nitrogen and oxygen atoms in total. The Morgan fingerprint density at radius 2 is 1.46 bits per heavy atom. The monoisotopic (exact) mass is 422 g/mol. The van der Waals surface area contributed by atoms with Gasteiger partial charge in [-0.3, -0.25) is 4.79 Å². The molecule has 0 aliphatic rings. The summed E-state index contributed by atoms with van der Waals surface area (Å²) in [4.78, 5) is 11.2. The van der Waals surface area contributed by atoms with Crippen molar-refractivity contribution < 1.29 is 56.8 Å². The molecule has 0 spiro atoms. The summed E-state index contributed by atoms with van der Waals surface area (Å²) < 4.78 is 16.2. The van der Waals surface area contributed by atoms with Crippen LogP contribution in [0.2, 0.25) is 0 Å². The van der Waals surface area contributed by atoms with Crippen molar-refractivity contribution in [2.75, 3.05) is 52.8 Å². The molecular formula is C17H35NO5Y. The largest absolute Gasteiger partial charge is 0.396 e.